The third-order valence-electron chi connectivity index (χ3n) is 4.18. The van der Waals surface area contributed by atoms with Gasteiger partial charge in [-0.15, -0.1) is 0 Å². The van der Waals surface area contributed by atoms with Crippen LogP contribution in [-0.2, 0) is 4.74 Å². The van der Waals surface area contributed by atoms with Gasteiger partial charge in [0.15, 0.2) is 5.82 Å². The predicted molar refractivity (Wildman–Crippen MR) is 72.0 cm³/mol. The molecule has 2 atom stereocenters. The Balaban J connectivity index is 1.90. The highest BCUT2D eigenvalue weighted by Gasteiger charge is 2.44. The molecule has 0 N–H and O–H groups in total. The molecule has 1 saturated carbocycles. The van der Waals surface area contributed by atoms with Gasteiger partial charge in [0.1, 0.15) is 11.3 Å². The van der Waals surface area contributed by atoms with Gasteiger partial charge in [-0.3, -0.25) is 4.98 Å². The maximum Gasteiger partial charge on any atom is 0.311 e. The normalized spacial score (nSPS) is 24.8. The quantitative estimate of drug-likeness (QED) is 0.751. The van der Waals surface area contributed by atoms with Crippen molar-refractivity contribution in [2.75, 3.05) is 24.7 Å². The van der Waals surface area contributed by atoms with Crippen molar-refractivity contribution in [1.82, 2.24) is 15.0 Å². The van der Waals surface area contributed by atoms with Gasteiger partial charge in [-0.1, -0.05) is 0 Å². The van der Waals surface area contributed by atoms with E-state index in [0.717, 1.165) is 13.0 Å². The molecule has 3 heterocycles. The highest BCUT2D eigenvalue weighted by molar-refractivity contribution is 5.89. The molecule has 2 aromatic rings. The molecule has 1 aliphatic carbocycles. The molecular formula is C14H14F2N4O. The lowest BCUT2D eigenvalue weighted by Crippen LogP contribution is -2.30. The van der Waals surface area contributed by atoms with E-state index in [-0.39, 0.29) is 17.3 Å². The van der Waals surface area contributed by atoms with Crippen molar-refractivity contribution < 1.29 is 13.5 Å². The molecule has 5 nitrogen and oxygen atoms in total. The molecule has 2 unspecified atom stereocenters. The Labute approximate surface area is 120 Å². The minimum Gasteiger partial charge on any atom is -0.379 e. The van der Waals surface area contributed by atoms with E-state index in [1.165, 1.54) is 13.1 Å². The summed E-state index contributed by atoms with van der Waals surface area (Å²) in [6, 6.07) is 0.286. The Morgan fingerprint density at radius 1 is 1.33 bits per heavy atom. The average molecular weight is 292 g/mol. The topological polar surface area (TPSA) is 51.1 Å². The van der Waals surface area contributed by atoms with Crippen molar-refractivity contribution >= 4 is 16.7 Å². The van der Waals surface area contributed by atoms with Gasteiger partial charge in [-0.05, 0) is 13.3 Å². The second kappa shape index (κ2) is 4.56. The first-order chi connectivity index (χ1) is 10.1. The van der Waals surface area contributed by atoms with Gasteiger partial charge in [0.05, 0.1) is 24.3 Å². The molecule has 2 aromatic heterocycles. The summed E-state index contributed by atoms with van der Waals surface area (Å²) in [5.41, 5.74) is 0.197. The number of aryl methyl sites for hydroxylation is 1. The van der Waals surface area contributed by atoms with Crippen LogP contribution in [-0.4, -0.2) is 40.8 Å². The van der Waals surface area contributed by atoms with Crippen molar-refractivity contribution in [2.24, 2.45) is 5.92 Å². The third-order valence-corrected chi connectivity index (χ3v) is 4.18. The number of nitrogens with zero attached hydrogens (tertiary/aromatic N) is 4. The van der Waals surface area contributed by atoms with Crippen LogP contribution in [0.3, 0.4) is 0 Å². The van der Waals surface area contributed by atoms with Crippen LogP contribution in [0.1, 0.15) is 12.1 Å². The molecule has 1 saturated heterocycles. The van der Waals surface area contributed by atoms with Crippen LogP contribution < -0.4 is 4.90 Å². The van der Waals surface area contributed by atoms with E-state index in [4.69, 9.17) is 4.74 Å². The van der Waals surface area contributed by atoms with Gasteiger partial charge in [0.2, 0.25) is 0 Å². The lowest BCUT2D eigenvalue weighted by atomic mass is 10.2. The number of hydrogen-bond acceptors (Lipinski definition) is 5. The molecule has 7 heteroatoms. The van der Waals surface area contributed by atoms with Gasteiger partial charge < -0.3 is 9.64 Å². The van der Waals surface area contributed by atoms with Gasteiger partial charge >= 0.3 is 6.08 Å². The third kappa shape index (κ3) is 2.03. The van der Waals surface area contributed by atoms with E-state index in [9.17, 15) is 8.78 Å². The Bertz CT molecular complexity index is 724. The minimum absolute atomic E-state index is 0.00707. The van der Waals surface area contributed by atoms with Crippen molar-refractivity contribution in [3.63, 3.8) is 0 Å². The second-order valence-corrected chi connectivity index (χ2v) is 5.57. The zero-order chi connectivity index (χ0) is 14.6. The lowest BCUT2D eigenvalue weighted by molar-refractivity contribution is 0.139. The highest BCUT2D eigenvalue weighted by atomic mass is 19.1. The summed E-state index contributed by atoms with van der Waals surface area (Å²) in [6.45, 7) is 3.42. The van der Waals surface area contributed by atoms with Crippen LogP contribution in [0.15, 0.2) is 6.20 Å². The molecule has 0 spiro atoms. The first-order valence-corrected chi connectivity index (χ1v) is 6.98. The molecule has 0 bridgehead atoms. The zero-order valence-corrected chi connectivity index (χ0v) is 11.5. The first kappa shape index (κ1) is 12.8. The maximum atomic E-state index is 14.2. The molecule has 1 aliphatic heterocycles. The molecule has 2 fully saturated rings. The predicted octanol–water partition coefficient (Wildman–Crippen LogP) is 1.84. The number of anilines is 1. The van der Waals surface area contributed by atoms with Gasteiger partial charge in [0.25, 0.3) is 0 Å². The smallest absolute Gasteiger partial charge is 0.311 e. The number of fused-ring (bicyclic) bond motifs is 2. The van der Waals surface area contributed by atoms with Crippen LogP contribution in [0.2, 0.25) is 0 Å². The molecule has 0 radical (unpaired) electrons. The molecular weight excluding hydrogens is 278 g/mol. The summed E-state index contributed by atoms with van der Waals surface area (Å²) in [7, 11) is 0. The first-order valence-electron chi connectivity index (χ1n) is 6.98. The van der Waals surface area contributed by atoms with E-state index < -0.39 is 11.9 Å². The average Bonchev–Trinajstić information content (AvgIpc) is 3.22. The van der Waals surface area contributed by atoms with E-state index in [2.05, 4.69) is 15.0 Å². The van der Waals surface area contributed by atoms with Gasteiger partial charge in [-0.2, -0.15) is 14.4 Å². The van der Waals surface area contributed by atoms with Crippen molar-refractivity contribution in [1.29, 1.82) is 0 Å². The fourth-order valence-corrected chi connectivity index (χ4v) is 2.94. The van der Waals surface area contributed by atoms with E-state index in [1.54, 1.807) is 0 Å². The molecule has 21 heavy (non-hydrogen) atoms. The minimum atomic E-state index is -0.913. The largest absolute Gasteiger partial charge is 0.379 e. The molecule has 0 amide bonds. The fraction of sp³-hybridized carbons (Fsp3) is 0.500. The molecule has 4 rings (SSSR count). The van der Waals surface area contributed by atoms with Crippen molar-refractivity contribution in [3.05, 3.63) is 23.8 Å². The number of hydrogen-bond donors (Lipinski definition) is 0. The second-order valence-electron chi connectivity index (χ2n) is 5.57. The van der Waals surface area contributed by atoms with Crippen LogP contribution >= 0.6 is 0 Å². The maximum absolute atomic E-state index is 14.2. The van der Waals surface area contributed by atoms with E-state index in [1.807, 2.05) is 4.90 Å². The van der Waals surface area contributed by atoms with Crippen LogP contribution in [0.25, 0.3) is 10.9 Å². The summed E-state index contributed by atoms with van der Waals surface area (Å²) in [5, 5.41) is 0.451. The number of pyridine rings is 1. The Hall–Kier alpha value is -1.89. The highest BCUT2D eigenvalue weighted by Crippen LogP contribution is 2.41. The van der Waals surface area contributed by atoms with Crippen LogP contribution in [0, 0.1) is 24.7 Å². The summed E-state index contributed by atoms with van der Waals surface area (Å²) in [6.07, 6.45) is 1.60. The number of halogens is 2. The summed E-state index contributed by atoms with van der Waals surface area (Å²) >= 11 is 0. The Morgan fingerprint density at radius 3 is 3.05 bits per heavy atom. The SMILES string of the molecule is Cc1ncc2c(N3CCOCC4CC43)nc(F)nc2c1F. The van der Waals surface area contributed by atoms with Crippen LogP contribution in [0.5, 0.6) is 0 Å². The van der Waals surface area contributed by atoms with Gasteiger partial charge in [-0.25, -0.2) is 4.39 Å². The Kier molecular flexibility index (Phi) is 2.78. The molecule has 110 valence electrons. The summed E-state index contributed by atoms with van der Waals surface area (Å²) in [4.78, 5) is 13.5. The molecule has 0 aromatic carbocycles. The van der Waals surface area contributed by atoms with Crippen molar-refractivity contribution in [3.8, 4) is 0 Å². The number of ether oxygens (including phenoxy) is 1. The fourth-order valence-electron chi connectivity index (χ4n) is 2.94. The summed E-state index contributed by atoms with van der Waals surface area (Å²) in [5.74, 6) is 0.277. The monoisotopic (exact) mass is 292 g/mol. The van der Waals surface area contributed by atoms with E-state index in [0.29, 0.717) is 30.3 Å². The van der Waals surface area contributed by atoms with Gasteiger partial charge in [0, 0.05) is 24.7 Å². The number of rotatable bonds is 1. The Morgan fingerprint density at radius 2 is 2.19 bits per heavy atom. The van der Waals surface area contributed by atoms with Crippen molar-refractivity contribution in [2.45, 2.75) is 19.4 Å². The zero-order valence-electron chi connectivity index (χ0n) is 11.5. The standard InChI is InChI=1S/C14H14F2N4O/c1-7-11(15)12-9(5-17-7)13(19-14(16)18-12)20-2-3-21-6-8-4-10(8)20/h5,8,10H,2-4,6H2,1H3. The molecule has 2 aliphatic rings. The van der Waals surface area contributed by atoms with E-state index >= 15 is 0 Å². The lowest BCUT2D eigenvalue weighted by Gasteiger charge is -2.23. The van der Waals surface area contributed by atoms with Crippen LogP contribution in [0.4, 0.5) is 14.6 Å². The summed E-state index contributed by atoms with van der Waals surface area (Å²) < 4.78 is 33.4. The number of aromatic nitrogens is 3.